The first-order valence-corrected chi connectivity index (χ1v) is 2.31. The molecule has 0 aromatic rings. The summed E-state index contributed by atoms with van der Waals surface area (Å²) in [6.45, 7) is 3.35. The maximum Gasteiger partial charge on any atom is 0.183 e. The van der Waals surface area contributed by atoms with Crippen molar-refractivity contribution in [3.8, 4) is 0 Å². The second-order valence-corrected chi connectivity index (χ2v) is 1.69. The van der Waals surface area contributed by atoms with E-state index in [1.807, 2.05) is 0 Å². The smallest absolute Gasteiger partial charge is 0.183 e. The largest absolute Gasteiger partial charge is 0.384 e. The van der Waals surface area contributed by atoms with E-state index in [0.29, 0.717) is 0 Å². The molecule has 1 aliphatic carbocycles. The molecule has 0 heterocycles. The molecule has 1 N–H and O–H groups in total. The number of carbonyl (C=O) groups excluding carboxylic acids is 1. The van der Waals surface area contributed by atoms with Crippen LogP contribution in [0.15, 0.2) is 24.3 Å². The minimum absolute atomic E-state index is 0.169. The van der Waals surface area contributed by atoms with Gasteiger partial charge in [-0.3, -0.25) is 4.79 Å². The zero-order valence-electron chi connectivity index (χ0n) is 4.29. The first-order chi connectivity index (χ1) is 3.72. The van der Waals surface area contributed by atoms with E-state index in [9.17, 15) is 4.79 Å². The molecule has 1 atom stereocenters. The average molecular weight is 110 g/mol. The van der Waals surface area contributed by atoms with Crippen molar-refractivity contribution in [2.45, 2.75) is 6.10 Å². The number of aliphatic hydroxyl groups is 1. The maximum absolute atomic E-state index is 10.4. The van der Waals surface area contributed by atoms with Gasteiger partial charge in [-0.2, -0.15) is 0 Å². The molecule has 0 aromatic carbocycles. The molecular formula is C6H6O2. The van der Waals surface area contributed by atoms with Crippen LogP contribution in [0, 0.1) is 0 Å². The van der Waals surface area contributed by atoms with Crippen molar-refractivity contribution in [2.24, 2.45) is 0 Å². The lowest BCUT2D eigenvalue weighted by atomic mass is 10.2. The van der Waals surface area contributed by atoms with E-state index in [4.69, 9.17) is 5.11 Å². The number of allylic oxidation sites excluding steroid dienone is 1. The lowest BCUT2D eigenvalue weighted by Crippen LogP contribution is -2.04. The van der Waals surface area contributed by atoms with Crippen molar-refractivity contribution in [2.75, 3.05) is 0 Å². The summed E-state index contributed by atoms with van der Waals surface area (Å²) in [7, 11) is 0. The molecule has 0 spiro atoms. The quantitative estimate of drug-likeness (QED) is 0.447. The van der Waals surface area contributed by atoms with Crippen molar-refractivity contribution in [1.82, 2.24) is 0 Å². The van der Waals surface area contributed by atoms with E-state index < -0.39 is 6.10 Å². The van der Waals surface area contributed by atoms with Crippen LogP contribution < -0.4 is 0 Å². The maximum atomic E-state index is 10.4. The van der Waals surface area contributed by atoms with Crippen molar-refractivity contribution < 1.29 is 9.90 Å². The first kappa shape index (κ1) is 5.25. The fraction of sp³-hybridized carbons (Fsp3) is 0.167. The third-order valence-electron chi connectivity index (χ3n) is 1.10. The predicted octanol–water partition coefficient (Wildman–Crippen LogP) is 0.0424. The first-order valence-electron chi connectivity index (χ1n) is 2.31. The van der Waals surface area contributed by atoms with Gasteiger partial charge in [-0.05, 0) is 12.2 Å². The summed E-state index contributed by atoms with van der Waals surface area (Å²) in [6, 6.07) is 0. The van der Waals surface area contributed by atoms with Crippen LogP contribution in [0.5, 0.6) is 0 Å². The Labute approximate surface area is 47.1 Å². The highest BCUT2D eigenvalue weighted by Gasteiger charge is 2.16. The van der Waals surface area contributed by atoms with E-state index >= 15 is 0 Å². The normalized spacial score (nSPS) is 27.4. The van der Waals surface area contributed by atoms with E-state index in [1.54, 1.807) is 0 Å². The molecule has 0 saturated heterocycles. The minimum atomic E-state index is -0.734. The molecule has 42 valence electrons. The number of carbonyl (C=O) groups is 1. The molecule has 2 nitrogen and oxygen atoms in total. The van der Waals surface area contributed by atoms with E-state index in [2.05, 4.69) is 6.58 Å². The number of hydrogen-bond donors (Lipinski definition) is 1. The molecule has 1 unspecified atom stereocenters. The van der Waals surface area contributed by atoms with Gasteiger partial charge in [0.15, 0.2) is 5.78 Å². The molecule has 1 aliphatic rings. The third-order valence-corrected chi connectivity index (χ3v) is 1.10. The van der Waals surface area contributed by atoms with Gasteiger partial charge in [0, 0.05) is 5.57 Å². The van der Waals surface area contributed by atoms with Crippen molar-refractivity contribution in [3.63, 3.8) is 0 Å². The molecule has 0 fully saturated rings. The van der Waals surface area contributed by atoms with Gasteiger partial charge < -0.3 is 5.11 Å². The average Bonchev–Trinajstić information content (AvgIpc) is 1.98. The zero-order chi connectivity index (χ0) is 6.15. The lowest BCUT2D eigenvalue weighted by molar-refractivity contribution is -0.111. The van der Waals surface area contributed by atoms with Crippen LogP contribution in [0.4, 0.5) is 0 Å². The fourth-order valence-electron chi connectivity index (χ4n) is 0.547. The fourth-order valence-corrected chi connectivity index (χ4v) is 0.547. The number of hydrogen-bond acceptors (Lipinski definition) is 2. The Morgan fingerprint density at radius 1 is 1.75 bits per heavy atom. The highest BCUT2D eigenvalue weighted by molar-refractivity contribution is 6.07. The second kappa shape index (κ2) is 1.56. The molecule has 0 amide bonds. The third kappa shape index (κ3) is 0.589. The summed E-state index contributed by atoms with van der Waals surface area (Å²) < 4.78 is 0. The number of aliphatic hydroxyl groups excluding tert-OH is 1. The van der Waals surface area contributed by atoms with Crippen LogP contribution in [0.25, 0.3) is 0 Å². The molecule has 0 radical (unpaired) electrons. The molecule has 1 rings (SSSR count). The van der Waals surface area contributed by atoms with Crippen molar-refractivity contribution in [3.05, 3.63) is 24.3 Å². The van der Waals surface area contributed by atoms with E-state index in [1.165, 1.54) is 12.2 Å². The van der Waals surface area contributed by atoms with Crippen LogP contribution in [0.3, 0.4) is 0 Å². The van der Waals surface area contributed by atoms with Gasteiger partial charge in [0.2, 0.25) is 0 Å². The van der Waals surface area contributed by atoms with Gasteiger partial charge in [0.25, 0.3) is 0 Å². The van der Waals surface area contributed by atoms with Crippen molar-refractivity contribution >= 4 is 5.78 Å². The summed E-state index contributed by atoms with van der Waals surface area (Å²) in [4.78, 5) is 10.4. The van der Waals surface area contributed by atoms with Gasteiger partial charge in [-0.15, -0.1) is 0 Å². The highest BCUT2D eigenvalue weighted by atomic mass is 16.3. The SMILES string of the molecule is C=C1C(=O)C=CC1O. The Balaban J connectivity index is 2.85. The Hall–Kier alpha value is -0.890. The van der Waals surface area contributed by atoms with Crippen molar-refractivity contribution in [1.29, 1.82) is 0 Å². The highest BCUT2D eigenvalue weighted by Crippen LogP contribution is 2.10. The van der Waals surface area contributed by atoms with Crippen LogP contribution >= 0.6 is 0 Å². The lowest BCUT2D eigenvalue weighted by Gasteiger charge is -1.94. The van der Waals surface area contributed by atoms with E-state index in [0.717, 1.165) is 0 Å². The summed E-state index contributed by atoms with van der Waals surface area (Å²) in [5.74, 6) is -0.169. The van der Waals surface area contributed by atoms with E-state index in [-0.39, 0.29) is 11.4 Å². The number of ketones is 1. The molecule has 0 aromatic heterocycles. The van der Waals surface area contributed by atoms with Crippen LogP contribution in [-0.4, -0.2) is 17.0 Å². The summed E-state index contributed by atoms with van der Waals surface area (Å²) in [5.41, 5.74) is 0.269. The topological polar surface area (TPSA) is 37.3 Å². The van der Waals surface area contributed by atoms with Crippen LogP contribution in [0.2, 0.25) is 0 Å². The standard InChI is InChI=1S/C6H6O2/c1-4-5(7)2-3-6(4)8/h2-3,5,7H,1H2. The Morgan fingerprint density at radius 2 is 2.38 bits per heavy atom. The minimum Gasteiger partial charge on any atom is -0.384 e. The number of rotatable bonds is 0. The molecule has 0 bridgehead atoms. The summed E-state index contributed by atoms with van der Waals surface area (Å²) >= 11 is 0. The molecule has 8 heavy (non-hydrogen) atoms. The van der Waals surface area contributed by atoms with Crippen LogP contribution in [0.1, 0.15) is 0 Å². The van der Waals surface area contributed by atoms with Gasteiger partial charge in [0.1, 0.15) is 6.10 Å². The summed E-state index contributed by atoms with van der Waals surface area (Å²) in [5, 5.41) is 8.76. The van der Waals surface area contributed by atoms with Gasteiger partial charge >= 0.3 is 0 Å². The zero-order valence-corrected chi connectivity index (χ0v) is 4.29. The second-order valence-electron chi connectivity index (χ2n) is 1.69. The molecule has 0 aliphatic heterocycles. The molecular weight excluding hydrogens is 104 g/mol. The molecule has 0 saturated carbocycles. The molecule has 2 heteroatoms. The Kier molecular flexibility index (Phi) is 1.02. The van der Waals surface area contributed by atoms with Gasteiger partial charge in [-0.1, -0.05) is 6.58 Å². The summed E-state index contributed by atoms with van der Waals surface area (Å²) in [6.07, 6.45) is 2.01. The van der Waals surface area contributed by atoms with Crippen LogP contribution in [-0.2, 0) is 4.79 Å². The predicted molar refractivity (Wildman–Crippen MR) is 29.3 cm³/mol. The Bertz CT molecular complexity index is 167. The Morgan fingerprint density at radius 3 is 2.50 bits per heavy atom. The monoisotopic (exact) mass is 110 g/mol. The van der Waals surface area contributed by atoms with Gasteiger partial charge in [-0.25, -0.2) is 0 Å². The van der Waals surface area contributed by atoms with Gasteiger partial charge in [0.05, 0.1) is 0 Å².